The first-order valence-corrected chi connectivity index (χ1v) is 4.23. The third kappa shape index (κ3) is 1.61. The summed E-state index contributed by atoms with van der Waals surface area (Å²) < 4.78 is 5.12. The van der Waals surface area contributed by atoms with Crippen molar-refractivity contribution in [3.63, 3.8) is 0 Å². The molecule has 1 aromatic rings. The fourth-order valence-electron chi connectivity index (χ4n) is 1.25. The summed E-state index contributed by atoms with van der Waals surface area (Å²) in [5.74, 6) is 0.615. The smallest absolute Gasteiger partial charge is 0.139 e. The summed E-state index contributed by atoms with van der Waals surface area (Å²) in [6.45, 7) is 3.67. The standard InChI is InChI=1S/C10H10ClNO/c1-6-4-9(11)7(2)8(5-12)10(6)13-3/h4H,1-3H3. The highest BCUT2D eigenvalue weighted by atomic mass is 35.5. The predicted molar refractivity (Wildman–Crippen MR) is 52.2 cm³/mol. The summed E-state index contributed by atoms with van der Waals surface area (Å²) in [6, 6.07) is 3.89. The number of halogens is 1. The van der Waals surface area contributed by atoms with Crippen molar-refractivity contribution in [2.45, 2.75) is 13.8 Å². The van der Waals surface area contributed by atoms with Crippen molar-refractivity contribution in [1.82, 2.24) is 0 Å². The van der Waals surface area contributed by atoms with E-state index in [2.05, 4.69) is 6.07 Å². The van der Waals surface area contributed by atoms with E-state index in [0.717, 1.165) is 11.1 Å². The molecule has 13 heavy (non-hydrogen) atoms. The van der Waals surface area contributed by atoms with Gasteiger partial charge < -0.3 is 4.74 Å². The largest absolute Gasteiger partial charge is 0.495 e. The fraction of sp³-hybridized carbons (Fsp3) is 0.300. The lowest BCUT2D eigenvalue weighted by molar-refractivity contribution is 0.410. The first-order chi connectivity index (χ1) is 6.11. The van der Waals surface area contributed by atoms with Crippen LogP contribution in [0.15, 0.2) is 6.07 Å². The van der Waals surface area contributed by atoms with Crippen molar-refractivity contribution in [3.8, 4) is 11.8 Å². The van der Waals surface area contributed by atoms with E-state index in [4.69, 9.17) is 21.6 Å². The van der Waals surface area contributed by atoms with Crippen LogP contribution < -0.4 is 4.74 Å². The molecule has 0 aliphatic rings. The molecule has 1 rings (SSSR count). The molecule has 0 amide bonds. The van der Waals surface area contributed by atoms with Crippen LogP contribution in [0.4, 0.5) is 0 Å². The van der Waals surface area contributed by atoms with Gasteiger partial charge in [0.2, 0.25) is 0 Å². The summed E-state index contributed by atoms with van der Waals surface area (Å²) in [7, 11) is 1.55. The Morgan fingerprint density at radius 2 is 2.08 bits per heavy atom. The van der Waals surface area contributed by atoms with Gasteiger partial charge in [0.1, 0.15) is 11.8 Å². The van der Waals surface area contributed by atoms with E-state index >= 15 is 0 Å². The maximum Gasteiger partial charge on any atom is 0.139 e. The summed E-state index contributed by atoms with van der Waals surface area (Å²) in [5, 5.41) is 9.50. The molecule has 0 bridgehead atoms. The lowest BCUT2D eigenvalue weighted by atomic mass is 10.0. The van der Waals surface area contributed by atoms with Crippen LogP contribution in [0.25, 0.3) is 0 Å². The maximum atomic E-state index is 8.89. The number of rotatable bonds is 1. The van der Waals surface area contributed by atoms with Gasteiger partial charge in [-0.3, -0.25) is 0 Å². The number of hydrogen-bond donors (Lipinski definition) is 0. The van der Waals surface area contributed by atoms with E-state index in [-0.39, 0.29) is 0 Å². The van der Waals surface area contributed by atoms with Crippen LogP contribution in [0.3, 0.4) is 0 Å². The van der Waals surface area contributed by atoms with E-state index < -0.39 is 0 Å². The fourth-order valence-corrected chi connectivity index (χ4v) is 1.51. The number of hydrogen-bond acceptors (Lipinski definition) is 2. The van der Waals surface area contributed by atoms with Crippen molar-refractivity contribution in [3.05, 3.63) is 27.8 Å². The zero-order valence-corrected chi connectivity index (χ0v) is 8.57. The number of ether oxygens (including phenoxy) is 1. The molecule has 0 aliphatic carbocycles. The van der Waals surface area contributed by atoms with E-state index in [1.165, 1.54) is 0 Å². The van der Waals surface area contributed by atoms with Crippen molar-refractivity contribution in [2.24, 2.45) is 0 Å². The van der Waals surface area contributed by atoms with Crippen LogP contribution in [0.5, 0.6) is 5.75 Å². The summed E-state index contributed by atoms with van der Waals surface area (Å²) in [4.78, 5) is 0. The quantitative estimate of drug-likeness (QED) is 0.691. The zero-order chi connectivity index (χ0) is 10.0. The summed E-state index contributed by atoms with van der Waals surface area (Å²) in [6.07, 6.45) is 0. The minimum Gasteiger partial charge on any atom is -0.495 e. The molecule has 0 atom stereocenters. The van der Waals surface area contributed by atoms with Crippen LogP contribution in [0, 0.1) is 25.2 Å². The van der Waals surface area contributed by atoms with Gasteiger partial charge in [0.15, 0.2) is 0 Å². The molecule has 3 heteroatoms. The first-order valence-electron chi connectivity index (χ1n) is 3.85. The van der Waals surface area contributed by atoms with Crippen molar-refractivity contribution in [1.29, 1.82) is 5.26 Å². The third-order valence-corrected chi connectivity index (χ3v) is 2.37. The van der Waals surface area contributed by atoms with Gasteiger partial charge in [-0.15, -0.1) is 0 Å². The van der Waals surface area contributed by atoms with Gasteiger partial charge in [0, 0.05) is 5.02 Å². The number of nitriles is 1. The topological polar surface area (TPSA) is 33.0 Å². The zero-order valence-electron chi connectivity index (χ0n) is 7.81. The molecule has 0 unspecified atom stereocenters. The Bertz CT molecular complexity index is 379. The summed E-state index contributed by atoms with van der Waals surface area (Å²) >= 11 is 5.92. The van der Waals surface area contributed by atoms with Crippen LogP contribution in [-0.4, -0.2) is 7.11 Å². The molecule has 0 N–H and O–H groups in total. The van der Waals surface area contributed by atoms with Crippen LogP contribution in [-0.2, 0) is 0 Å². The van der Waals surface area contributed by atoms with Gasteiger partial charge in [-0.2, -0.15) is 5.26 Å². The molecule has 0 radical (unpaired) electrons. The molecule has 68 valence electrons. The second-order valence-electron chi connectivity index (χ2n) is 2.82. The molecular formula is C10H10ClNO. The van der Waals surface area contributed by atoms with E-state index in [1.807, 2.05) is 13.8 Å². The van der Waals surface area contributed by atoms with Crippen LogP contribution in [0.2, 0.25) is 5.02 Å². The molecule has 0 saturated heterocycles. The molecule has 1 aromatic carbocycles. The molecule has 0 fully saturated rings. The Hall–Kier alpha value is -1.20. The SMILES string of the molecule is COc1c(C)cc(Cl)c(C)c1C#N. The minimum absolute atomic E-state index is 0.521. The van der Waals surface area contributed by atoms with Gasteiger partial charge in [-0.1, -0.05) is 11.6 Å². The molecule has 0 saturated carbocycles. The van der Waals surface area contributed by atoms with Gasteiger partial charge in [-0.05, 0) is 31.0 Å². The summed E-state index contributed by atoms with van der Waals surface area (Å²) in [5.41, 5.74) is 2.17. The number of benzene rings is 1. The van der Waals surface area contributed by atoms with E-state index in [9.17, 15) is 0 Å². The van der Waals surface area contributed by atoms with Crippen LogP contribution >= 0.6 is 11.6 Å². The van der Waals surface area contributed by atoms with Crippen LogP contribution in [0.1, 0.15) is 16.7 Å². The highest BCUT2D eigenvalue weighted by Crippen LogP contribution is 2.30. The third-order valence-electron chi connectivity index (χ3n) is 1.98. The Morgan fingerprint density at radius 3 is 2.54 bits per heavy atom. The van der Waals surface area contributed by atoms with Crippen molar-refractivity contribution in [2.75, 3.05) is 7.11 Å². The van der Waals surface area contributed by atoms with Gasteiger partial charge in [0.25, 0.3) is 0 Å². The lowest BCUT2D eigenvalue weighted by Gasteiger charge is -2.10. The molecule has 0 aromatic heterocycles. The van der Waals surface area contributed by atoms with Crippen molar-refractivity contribution < 1.29 is 4.74 Å². The molecule has 0 aliphatic heterocycles. The predicted octanol–water partition coefficient (Wildman–Crippen LogP) is 2.84. The Kier molecular flexibility index (Phi) is 2.79. The van der Waals surface area contributed by atoms with Gasteiger partial charge in [-0.25, -0.2) is 0 Å². The van der Waals surface area contributed by atoms with Crippen molar-refractivity contribution >= 4 is 11.6 Å². The number of aryl methyl sites for hydroxylation is 1. The normalized spacial score (nSPS) is 9.46. The Morgan fingerprint density at radius 1 is 1.46 bits per heavy atom. The van der Waals surface area contributed by atoms with E-state index in [0.29, 0.717) is 16.3 Å². The maximum absolute atomic E-state index is 8.89. The first kappa shape index (κ1) is 9.88. The molecular weight excluding hydrogens is 186 g/mol. The highest BCUT2D eigenvalue weighted by Gasteiger charge is 2.12. The van der Waals surface area contributed by atoms with Gasteiger partial charge >= 0.3 is 0 Å². The monoisotopic (exact) mass is 195 g/mol. The van der Waals surface area contributed by atoms with Gasteiger partial charge in [0.05, 0.1) is 12.7 Å². The lowest BCUT2D eigenvalue weighted by Crippen LogP contribution is -1.95. The Balaban J connectivity index is 3.53. The highest BCUT2D eigenvalue weighted by molar-refractivity contribution is 6.31. The molecule has 2 nitrogen and oxygen atoms in total. The second-order valence-corrected chi connectivity index (χ2v) is 3.23. The molecule has 0 heterocycles. The average Bonchev–Trinajstić information content (AvgIpc) is 2.10. The second kappa shape index (κ2) is 3.68. The average molecular weight is 196 g/mol. The number of nitrogens with zero attached hydrogens (tertiary/aromatic N) is 1. The Labute approximate surface area is 82.7 Å². The molecule has 0 spiro atoms. The number of methoxy groups -OCH3 is 1. The minimum atomic E-state index is 0.521. The van der Waals surface area contributed by atoms with E-state index in [1.54, 1.807) is 13.2 Å².